The third kappa shape index (κ3) is 4.13. The monoisotopic (exact) mass is 407 g/mol. The molecule has 156 valence electrons. The Morgan fingerprint density at radius 1 is 1.03 bits per heavy atom. The number of methoxy groups -OCH3 is 1. The van der Waals surface area contributed by atoms with Gasteiger partial charge >= 0.3 is 5.97 Å². The summed E-state index contributed by atoms with van der Waals surface area (Å²) in [5.41, 5.74) is 2.83. The molecule has 0 saturated heterocycles. The highest BCUT2D eigenvalue weighted by molar-refractivity contribution is 6.04. The number of aryl methyl sites for hydroxylation is 1. The van der Waals surface area contributed by atoms with Crippen molar-refractivity contribution in [1.29, 1.82) is 0 Å². The maximum absolute atomic E-state index is 12.5. The molecule has 30 heavy (non-hydrogen) atoms. The summed E-state index contributed by atoms with van der Waals surface area (Å²) in [5, 5.41) is 1.99. The fourth-order valence-electron chi connectivity index (χ4n) is 3.67. The average molecular weight is 407 g/mol. The van der Waals surface area contributed by atoms with Gasteiger partial charge in [0, 0.05) is 11.3 Å². The number of esters is 1. The third-order valence-corrected chi connectivity index (χ3v) is 5.34. The van der Waals surface area contributed by atoms with E-state index in [1.54, 1.807) is 27.9 Å². The summed E-state index contributed by atoms with van der Waals surface area (Å²) in [6, 6.07) is 11.5. The van der Waals surface area contributed by atoms with E-state index in [0.29, 0.717) is 22.5 Å². The van der Waals surface area contributed by atoms with Crippen molar-refractivity contribution in [2.24, 2.45) is 0 Å². The normalized spacial score (nSPS) is 11.9. The van der Waals surface area contributed by atoms with Gasteiger partial charge in [-0.05, 0) is 61.7 Å². The van der Waals surface area contributed by atoms with Gasteiger partial charge in [-0.15, -0.1) is 0 Å². The molecule has 0 bridgehead atoms. The number of fused-ring (bicyclic) bond motifs is 1. The Bertz CT molecular complexity index is 1140. The van der Waals surface area contributed by atoms with E-state index in [0.717, 1.165) is 22.1 Å². The van der Waals surface area contributed by atoms with Crippen LogP contribution in [0.2, 0.25) is 0 Å². The number of benzene rings is 2. The fraction of sp³-hybridized carbons (Fsp3) is 0.292. The molecule has 0 aliphatic rings. The van der Waals surface area contributed by atoms with Crippen LogP contribution < -0.4 is 4.74 Å². The molecule has 0 unspecified atom stereocenters. The Kier molecular flexibility index (Phi) is 6.06. The van der Waals surface area contributed by atoms with Crippen LogP contribution in [0, 0.1) is 13.8 Å². The van der Waals surface area contributed by atoms with Gasteiger partial charge in [-0.1, -0.05) is 24.3 Å². The van der Waals surface area contributed by atoms with Crippen molar-refractivity contribution in [1.82, 2.24) is 4.98 Å². The van der Waals surface area contributed by atoms with Crippen LogP contribution in [0.3, 0.4) is 0 Å². The molecule has 1 atom stereocenters. The molecule has 1 heterocycles. The molecule has 3 aromatic rings. The second kappa shape index (κ2) is 8.53. The van der Waals surface area contributed by atoms with Gasteiger partial charge < -0.3 is 14.5 Å². The van der Waals surface area contributed by atoms with Gasteiger partial charge in [0.25, 0.3) is 0 Å². The van der Waals surface area contributed by atoms with Crippen molar-refractivity contribution in [3.63, 3.8) is 0 Å². The maximum Gasteiger partial charge on any atom is 0.313 e. The zero-order valence-electron chi connectivity index (χ0n) is 17.8. The number of nitrogens with one attached hydrogen (secondary N) is 1. The van der Waals surface area contributed by atoms with Crippen molar-refractivity contribution >= 4 is 28.3 Å². The Morgan fingerprint density at radius 2 is 1.70 bits per heavy atom. The molecule has 1 N–H and O–H groups in total. The van der Waals surface area contributed by atoms with E-state index in [4.69, 9.17) is 9.47 Å². The zero-order chi connectivity index (χ0) is 22.0. The average Bonchev–Trinajstić information content (AvgIpc) is 3.04. The minimum absolute atomic E-state index is 0.111. The molecule has 6 heteroatoms. The molecular formula is C24H25NO5. The SMILES string of the molecule is COc1ccc2cc([C@H](C)C(=O)OCC(=O)c3[nH]c(C)c(C(C)=O)c3C)ccc2c1. The number of aromatic amines is 1. The first-order chi connectivity index (χ1) is 14.2. The molecule has 0 radical (unpaired) electrons. The summed E-state index contributed by atoms with van der Waals surface area (Å²) in [7, 11) is 1.62. The number of aromatic nitrogens is 1. The number of H-pyrrole nitrogens is 1. The zero-order valence-corrected chi connectivity index (χ0v) is 17.8. The lowest BCUT2D eigenvalue weighted by atomic mass is 9.98. The highest BCUT2D eigenvalue weighted by Gasteiger charge is 2.23. The number of hydrogen-bond acceptors (Lipinski definition) is 5. The van der Waals surface area contributed by atoms with E-state index in [-0.39, 0.29) is 18.2 Å². The van der Waals surface area contributed by atoms with E-state index in [2.05, 4.69) is 4.98 Å². The van der Waals surface area contributed by atoms with Gasteiger partial charge in [-0.25, -0.2) is 0 Å². The van der Waals surface area contributed by atoms with Crippen LogP contribution in [0.15, 0.2) is 36.4 Å². The van der Waals surface area contributed by atoms with Crippen molar-refractivity contribution in [3.8, 4) is 5.75 Å². The first-order valence-electron chi connectivity index (χ1n) is 9.70. The van der Waals surface area contributed by atoms with E-state index in [9.17, 15) is 14.4 Å². The number of carbonyl (C=O) groups is 3. The second-order valence-electron chi connectivity index (χ2n) is 7.41. The Balaban J connectivity index is 1.70. The minimum Gasteiger partial charge on any atom is -0.497 e. The largest absolute Gasteiger partial charge is 0.497 e. The molecule has 3 rings (SSSR count). The molecule has 2 aromatic carbocycles. The molecule has 0 aliphatic heterocycles. The summed E-state index contributed by atoms with van der Waals surface area (Å²) >= 11 is 0. The van der Waals surface area contributed by atoms with E-state index in [1.165, 1.54) is 6.92 Å². The van der Waals surface area contributed by atoms with Crippen LogP contribution in [0.5, 0.6) is 5.75 Å². The van der Waals surface area contributed by atoms with Gasteiger partial charge in [0.2, 0.25) is 5.78 Å². The molecule has 0 spiro atoms. The molecular weight excluding hydrogens is 382 g/mol. The summed E-state index contributed by atoms with van der Waals surface area (Å²) in [4.78, 5) is 39.7. The Labute approximate surface area is 175 Å². The minimum atomic E-state index is -0.524. The van der Waals surface area contributed by atoms with Crippen molar-refractivity contribution in [2.75, 3.05) is 13.7 Å². The molecule has 0 aliphatic carbocycles. The second-order valence-corrected chi connectivity index (χ2v) is 7.41. The smallest absolute Gasteiger partial charge is 0.313 e. The number of ketones is 2. The maximum atomic E-state index is 12.5. The number of rotatable bonds is 7. The number of Topliss-reactive ketones (excluding diaryl/α,β-unsaturated/α-hetero) is 2. The number of ether oxygens (including phenoxy) is 2. The lowest BCUT2D eigenvalue weighted by Crippen LogP contribution is -2.19. The van der Waals surface area contributed by atoms with Crippen LogP contribution in [0.1, 0.15) is 57.4 Å². The summed E-state index contributed by atoms with van der Waals surface area (Å²) < 4.78 is 10.5. The molecule has 0 saturated carbocycles. The predicted molar refractivity (Wildman–Crippen MR) is 114 cm³/mol. The standard InChI is InChI=1S/C24H25NO5/c1-13(17-6-7-19-11-20(29-5)9-8-18(19)10-17)24(28)30-12-21(27)23-14(2)22(16(4)26)15(3)25-23/h6-11,13,25H,12H2,1-5H3/t13-/m0/s1. The lowest BCUT2D eigenvalue weighted by molar-refractivity contribution is -0.143. The Morgan fingerprint density at radius 3 is 2.33 bits per heavy atom. The fourth-order valence-corrected chi connectivity index (χ4v) is 3.67. The molecule has 6 nitrogen and oxygen atoms in total. The molecule has 0 fully saturated rings. The first kappa shape index (κ1) is 21.3. The first-order valence-corrected chi connectivity index (χ1v) is 9.70. The highest BCUT2D eigenvalue weighted by atomic mass is 16.5. The van der Waals surface area contributed by atoms with Crippen LogP contribution in [-0.2, 0) is 9.53 Å². The molecule has 1 aromatic heterocycles. The van der Waals surface area contributed by atoms with Crippen LogP contribution in [0.4, 0.5) is 0 Å². The quantitative estimate of drug-likeness (QED) is 0.460. The van der Waals surface area contributed by atoms with Gasteiger partial charge in [0.1, 0.15) is 5.75 Å². The van der Waals surface area contributed by atoms with Crippen LogP contribution in [-0.4, -0.2) is 36.2 Å². The van der Waals surface area contributed by atoms with Gasteiger partial charge in [0.05, 0.1) is 18.7 Å². The Hall–Kier alpha value is -3.41. The van der Waals surface area contributed by atoms with E-state index >= 15 is 0 Å². The van der Waals surface area contributed by atoms with E-state index < -0.39 is 11.9 Å². The van der Waals surface area contributed by atoms with Crippen LogP contribution in [0.25, 0.3) is 10.8 Å². The van der Waals surface area contributed by atoms with Crippen LogP contribution >= 0.6 is 0 Å². The number of hydrogen-bond donors (Lipinski definition) is 1. The van der Waals surface area contributed by atoms with E-state index in [1.807, 2.05) is 36.4 Å². The lowest BCUT2D eigenvalue weighted by Gasteiger charge is -2.13. The predicted octanol–water partition coefficient (Wildman–Crippen LogP) is 4.53. The highest BCUT2D eigenvalue weighted by Crippen LogP contribution is 2.26. The van der Waals surface area contributed by atoms with Crippen molar-refractivity contribution in [2.45, 2.75) is 33.6 Å². The topological polar surface area (TPSA) is 85.5 Å². The summed E-state index contributed by atoms with van der Waals surface area (Å²) in [6.07, 6.45) is 0. The third-order valence-electron chi connectivity index (χ3n) is 5.34. The van der Waals surface area contributed by atoms with Gasteiger partial charge in [-0.3, -0.25) is 14.4 Å². The van der Waals surface area contributed by atoms with Gasteiger partial charge in [0.15, 0.2) is 12.4 Å². The van der Waals surface area contributed by atoms with Crippen molar-refractivity contribution < 1.29 is 23.9 Å². The summed E-state index contributed by atoms with van der Waals surface area (Å²) in [5.74, 6) is -0.717. The van der Waals surface area contributed by atoms with Gasteiger partial charge in [-0.2, -0.15) is 0 Å². The molecule has 0 amide bonds. The van der Waals surface area contributed by atoms with Crippen molar-refractivity contribution in [3.05, 3.63) is 64.5 Å². The summed E-state index contributed by atoms with van der Waals surface area (Å²) in [6.45, 7) is 6.27. The number of carbonyl (C=O) groups excluding carboxylic acids is 3.